The first-order chi connectivity index (χ1) is 5.34. The standard InChI is InChI=1S/C10H10O.Y/c1-9-5-2-3-6-10(9)7-4-8-11;/h2-3,5-7,11H,1,8H2;/q-2;. The number of hydrogen-bond donors (Lipinski definition) is 1. The molecule has 1 nitrogen and oxygen atoms in total. The first-order valence-electron chi connectivity index (χ1n) is 3.43. The Labute approximate surface area is 98.4 Å². The molecule has 1 N–H and O–H groups in total. The second kappa shape index (κ2) is 6.41. The summed E-state index contributed by atoms with van der Waals surface area (Å²) in [5, 5.41) is 8.46. The van der Waals surface area contributed by atoms with Crippen LogP contribution in [0.5, 0.6) is 0 Å². The molecule has 0 aliphatic carbocycles. The Morgan fingerprint density at radius 2 is 2.08 bits per heavy atom. The van der Waals surface area contributed by atoms with Gasteiger partial charge in [-0.25, -0.2) is 24.6 Å². The van der Waals surface area contributed by atoms with Gasteiger partial charge in [0.2, 0.25) is 0 Å². The van der Waals surface area contributed by atoms with Crippen LogP contribution in [0.15, 0.2) is 24.3 Å². The Morgan fingerprint density at radius 3 is 2.67 bits per heavy atom. The number of aliphatic hydroxyl groups excluding tert-OH is 1. The summed E-state index contributed by atoms with van der Waals surface area (Å²) in [6.45, 7) is 3.77. The zero-order valence-corrected chi connectivity index (χ0v) is 9.66. The van der Waals surface area contributed by atoms with Crippen molar-refractivity contribution in [1.82, 2.24) is 0 Å². The third kappa shape index (κ3) is 3.53. The van der Waals surface area contributed by atoms with Crippen molar-refractivity contribution >= 4 is 6.08 Å². The van der Waals surface area contributed by atoms with Gasteiger partial charge in [0.1, 0.15) is 0 Å². The van der Waals surface area contributed by atoms with Gasteiger partial charge in [0.25, 0.3) is 0 Å². The van der Waals surface area contributed by atoms with E-state index in [4.69, 9.17) is 5.11 Å². The summed E-state index contributed by atoms with van der Waals surface area (Å²) in [5.74, 6) is 0. The van der Waals surface area contributed by atoms with Gasteiger partial charge >= 0.3 is 0 Å². The topological polar surface area (TPSA) is 20.2 Å². The van der Waals surface area contributed by atoms with Gasteiger partial charge < -0.3 is 5.11 Å². The minimum Gasteiger partial charge on any atom is -0.411 e. The van der Waals surface area contributed by atoms with Gasteiger partial charge in [-0.1, -0.05) is 6.07 Å². The summed E-state index contributed by atoms with van der Waals surface area (Å²) in [4.78, 5) is 0. The Hall–Kier alpha value is -0.106. The summed E-state index contributed by atoms with van der Waals surface area (Å²) >= 11 is 0. The van der Waals surface area contributed by atoms with Crippen molar-refractivity contribution in [3.8, 4) is 0 Å². The second-order valence-electron chi connectivity index (χ2n) is 2.21. The Balaban J connectivity index is 0.00000121. The zero-order chi connectivity index (χ0) is 8.10. The molecule has 0 unspecified atom stereocenters. The van der Waals surface area contributed by atoms with E-state index in [0.29, 0.717) is 0 Å². The van der Waals surface area contributed by atoms with Crippen molar-refractivity contribution in [1.29, 1.82) is 0 Å². The van der Waals surface area contributed by atoms with Gasteiger partial charge in [-0.15, -0.1) is 12.1 Å². The zero-order valence-electron chi connectivity index (χ0n) is 6.83. The maximum absolute atomic E-state index is 8.46. The number of benzene rings is 1. The van der Waals surface area contributed by atoms with Crippen molar-refractivity contribution in [2.45, 2.75) is 0 Å². The normalized spacial score (nSPS) is 9.75. The minimum absolute atomic E-state index is 0. The minimum atomic E-state index is -0.0473. The van der Waals surface area contributed by atoms with E-state index in [9.17, 15) is 0 Å². The SMILES string of the molecule is [CH2-]c1ccccc1C=[C-]CO.[Y]. The predicted molar refractivity (Wildman–Crippen MR) is 45.7 cm³/mol. The Morgan fingerprint density at radius 1 is 1.42 bits per heavy atom. The molecule has 61 valence electrons. The number of aliphatic hydroxyl groups is 1. The van der Waals surface area contributed by atoms with E-state index in [1.165, 1.54) is 0 Å². The van der Waals surface area contributed by atoms with Crippen LogP contribution >= 0.6 is 0 Å². The largest absolute Gasteiger partial charge is 0.411 e. The third-order valence-electron chi connectivity index (χ3n) is 1.40. The van der Waals surface area contributed by atoms with Gasteiger partial charge in [0.05, 0.1) is 0 Å². The van der Waals surface area contributed by atoms with Crippen LogP contribution in [0, 0.1) is 13.0 Å². The molecule has 1 radical (unpaired) electrons. The van der Waals surface area contributed by atoms with Crippen molar-refractivity contribution < 1.29 is 37.8 Å². The molecule has 0 atom stereocenters. The average Bonchev–Trinajstić information content (AvgIpc) is 2.03. The van der Waals surface area contributed by atoms with E-state index in [1.54, 1.807) is 6.08 Å². The average molecular weight is 235 g/mol. The van der Waals surface area contributed by atoms with Crippen LogP contribution in [0.2, 0.25) is 0 Å². The van der Waals surface area contributed by atoms with Gasteiger partial charge in [-0.3, -0.25) is 0 Å². The van der Waals surface area contributed by atoms with Crippen molar-refractivity contribution in [2.75, 3.05) is 6.61 Å². The van der Waals surface area contributed by atoms with Gasteiger partial charge in [-0.05, 0) is 6.61 Å². The van der Waals surface area contributed by atoms with Crippen molar-refractivity contribution in [3.05, 3.63) is 48.4 Å². The van der Waals surface area contributed by atoms with Gasteiger partial charge in [0, 0.05) is 32.7 Å². The van der Waals surface area contributed by atoms with E-state index >= 15 is 0 Å². The molecular formula is C10H10OY-2. The molecule has 0 fully saturated rings. The fourth-order valence-corrected chi connectivity index (χ4v) is 0.831. The molecule has 0 aliphatic heterocycles. The fourth-order valence-electron chi connectivity index (χ4n) is 0.831. The van der Waals surface area contributed by atoms with Crippen molar-refractivity contribution in [2.24, 2.45) is 0 Å². The monoisotopic (exact) mass is 235 g/mol. The third-order valence-corrected chi connectivity index (χ3v) is 1.40. The van der Waals surface area contributed by atoms with Crippen molar-refractivity contribution in [3.63, 3.8) is 0 Å². The molecule has 0 saturated heterocycles. The smallest absolute Gasteiger partial charge is 0 e. The van der Waals surface area contributed by atoms with E-state index in [2.05, 4.69) is 13.0 Å². The summed E-state index contributed by atoms with van der Waals surface area (Å²) in [6.07, 6.45) is 4.43. The first-order valence-corrected chi connectivity index (χ1v) is 3.43. The summed E-state index contributed by atoms with van der Waals surface area (Å²) in [7, 11) is 0. The van der Waals surface area contributed by atoms with E-state index in [1.807, 2.05) is 24.3 Å². The molecule has 0 amide bonds. The van der Waals surface area contributed by atoms with Crippen LogP contribution in [0.25, 0.3) is 6.08 Å². The molecule has 0 aliphatic rings. The van der Waals surface area contributed by atoms with Crippen LogP contribution in [0.1, 0.15) is 11.1 Å². The second-order valence-corrected chi connectivity index (χ2v) is 2.21. The molecule has 2 heteroatoms. The van der Waals surface area contributed by atoms with E-state index in [-0.39, 0.29) is 39.3 Å². The van der Waals surface area contributed by atoms with Crippen LogP contribution in [-0.2, 0) is 32.7 Å². The quantitative estimate of drug-likeness (QED) is 0.773. The first kappa shape index (κ1) is 11.9. The number of hydrogen-bond acceptors (Lipinski definition) is 1. The molecule has 1 aromatic rings. The van der Waals surface area contributed by atoms with Crippen LogP contribution in [0.3, 0.4) is 0 Å². The Bertz CT molecular complexity index is 256. The van der Waals surface area contributed by atoms with Gasteiger partial charge in [0.15, 0.2) is 0 Å². The molecule has 0 saturated carbocycles. The van der Waals surface area contributed by atoms with Crippen LogP contribution < -0.4 is 0 Å². The molecule has 0 aromatic heterocycles. The summed E-state index contributed by atoms with van der Waals surface area (Å²) < 4.78 is 0. The maximum Gasteiger partial charge on any atom is 0 e. The number of rotatable bonds is 2. The molecule has 1 aromatic carbocycles. The molecule has 0 bridgehead atoms. The Kier molecular flexibility index (Phi) is 6.36. The van der Waals surface area contributed by atoms with E-state index in [0.717, 1.165) is 11.1 Å². The molecule has 0 heterocycles. The molecule has 0 spiro atoms. The molecule has 1 rings (SSSR count). The summed E-state index contributed by atoms with van der Waals surface area (Å²) in [5.41, 5.74) is 1.95. The molecular weight excluding hydrogens is 225 g/mol. The van der Waals surface area contributed by atoms with Gasteiger partial charge in [-0.2, -0.15) is 11.6 Å². The van der Waals surface area contributed by atoms with Crippen LogP contribution in [-0.4, -0.2) is 11.7 Å². The van der Waals surface area contributed by atoms with Crippen LogP contribution in [0.4, 0.5) is 0 Å². The summed E-state index contributed by atoms with van der Waals surface area (Å²) in [6, 6.07) is 7.72. The molecule has 12 heavy (non-hydrogen) atoms. The fraction of sp³-hybridized carbons (Fsp3) is 0.100. The maximum atomic E-state index is 8.46. The van der Waals surface area contributed by atoms with E-state index < -0.39 is 0 Å². The predicted octanol–water partition coefficient (Wildman–Crippen LogP) is 1.67.